The highest BCUT2D eigenvalue weighted by atomic mass is 16.2. The van der Waals surface area contributed by atoms with E-state index in [2.05, 4.69) is 11.9 Å². The molecule has 2 aromatic rings. The first-order valence-electron chi connectivity index (χ1n) is 7.54. The topological polar surface area (TPSA) is 78.9 Å². The Labute approximate surface area is 128 Å². The minimum Gasteiger partial charge on any atom is -0.322 e. The SMILES string of the molecule is CCCCn1c(C)nc2c1c(=O)n(CCC(C)=O)c(=O)n2C. The standard InChI is InChI=1S/C15H22N4O3/c1-5-6-8-18-11(3)16-13-12(18)14(21)19(9-7-10(2)20)15(22)17(13)4/h5-9H2,1-4H3. The summed E-state index contributed by atoms with van der Waals surface area (Å²) in [5.74, 6) is 0.671. The van der Waals surface area contributed by atoms with E-state index >= 15 is 0 Å². The maximum absolute atomic E-state index is 12.7. The average Bonchev–Trinajstić information content (AvgIpc) is 2.79. The molecule has 2 rings (SSSR count). The van der Waals surface area contributed by atoms with Crippen LogP contribution in [0.15, 0.2) is 9.59 Å². The molecule has 0 aliphatic rings. The fraction of sp³-hybridized carbons (Fsp3) is 0.600. The Kier molecular flexibility index (Phi) is 4.63. The summed E-state index contributed by atoms with van der Waals surface area (Å²) >= 11 is 0. The van der Waals surface area contributed by atoms with Gasteiger partial charge in [0.05, 0.1) is 0 Å². The summed E-state index contributed by atoms with van der Waals surface area (Å²) in [6.45, 7) is 6.16. The number of carbonyl (C=O) groups is 1. The van der Waals surface area contributed by atoms with Gasteiger partial charge >= 0.3 is 5.69 Å². The molecular formula is C15H22N4O3. The lowest BCUT2D eigenvalue weighted by atomic mass is 10.3. The number of nitrogens with zero attached hydrogens (tertiary/aromatic N) is 4. The fourth-order valence-electron chi connectivity index (χ4n) is 2.54. The highest BCUT2D eigenvalue weighted by Crippen LogP contribution is 2.11. The monoisotopic (exact) mass is 306 g/mol. The molecule has 0 saturated carbocycles. The molecule has 0 aliphatic carbocycles. The molecule has 22 heavy (non-hydrogen) atoms. The molecule has 0 bridgehead atoms. The van der Waals surface area contributed by atoms with Crippen LogP contribution in [-0.2, 0) is 24.9 Å². The fourth-order valence-corrected chi connectivity index (χ4v) is 2.54. The Hall–Kier alpha value is -2.18. The number of fused-ring (bicyclic) bond motifs is 1. The first-order valence-corrected chi connectivity index (χ1v) is 7.54. The molecule has 0 fully saturated rings. The van der Waals surface area contributed by atoms with Crippen molar-refractivity contribution in [3.63, 3.8) is 0 Å². The number of Topliss-reactive ketones (excluding diaryl/α,β-unsaturated/α-hetero) is 1. The van der Waals surface area contributed by atoms with E-state index in [1.807, 2.05) is 11.5 Å². The number of rotatable bonds is 6. The number of hydrogen-bond acceptors (Lipinski definition) is 4. The van der Waals surface area contributed by atoms with E-state index in [-0.39, 0.29) is 24.3 Å². The average molecular weight is 306 g/mol. The minimum absolute atomic E-state index is 0.0512. The second-order valence-electron chi connectivity index (χ2n) is 5.59. The summed E-state index contributed by atoms with van der Waals surface area (Å²) in [7, 11) is 1.60. The van der Waals surface area contributed by atoms with Crippen molar-refractivity contribution in [2.45, 2.75) is 53.1 Å². The zero-order chi connectivity index (χ0) is 16.4. The maximum atomic E-state index is 12.7. The molecule has 0 aliphatic heterocycles. The van der Waals surface area contributed by atoms with Gasteiger partial charge in [-0.15, -0.1) is 0 Å². The molecule has 0 amide bonds. The van der Waals surface area contributed by atoms with Gasteiger partial charge in [0.1, 0.15) is 11.6 Å². The number of carbonyl (C=O) groups excluding carboxylic acids is 1. The van der Waals surface area contributed by atoms with Crippen LogP contribution in [0, 0.1) is 6.92 Å². The quantitative estimate of drug-likeness (QED) is 0.797. The Morgan fingerprint density at radius 3 is 2.45 bits per heavy atom. The molecule has 120 valence electrons. The lowest BCUT2D eigenvalue weighted by Crippen LogP contribution is -2.40. The van der Waals surface area contributed by atoms with Crippen molar-refractivity contribution in [1.29, 1.82) is 0 Å². The molecule has 0 atom stereocenters. The highest BCUT2D eigenvalue weighted by molar-refractivity contribution is 5.75. The van der Waals surface area contributed by atoms with Gasteiger partial charge in [0.15, 0.2) is 11.2 Å². The highest BCUT2D eigenvalue weighted by Gasteiger charge is 2.18. The first kappa shape index (κ1) is 16.2. The summed E-state index contributed by atoms with van der Waals surface area (Å²) in [6, 6.07) is 0. The predicted octanol–water partition coefficient (Wildman–Crippen LogP) is 0.984. The van der Waals surface area contributed by atoms with E-state index < -0.39 is 5.69 Å². The van der Waals surface area contributed by atoms with Crippen LogP contribution in [0.1, 0.15) is 38.9 Å². The van der Waals surface area contributed by atoms with Gasteiger partial charge in [-0.25, -0.2) is 9.78 Å². The molecule has 2 heterocycles. The van der Waals surface area contributed by atoms with Gasteiger partial charge in [0, 0.05) is 26.6 Å². The number of unbranched alkanes of at least 4 members (excludes halogenated alkanes) is 1. The molecule has 7 nitrogen and oxygen atoms in total. The van der Waals surface area contributed by atoms with E-state index in [1.54, 1.807) is 7.05 Å². The van der Waals surface area contributed by atoms with Gasteiger partial charge in [0.2, 0.25) is 0 Å². The zero-order valence-corrected chi connectivity index (χ0v) is 13.5. The largest absolute Gasteiger partial charge is 0.332 e. The summed E-state index contributed by atoms with van der Waals surface area (Å²) in [5.41, 5.74) is 0.0502. The number of ketones is 1. The molecule has 2 aromatic heterocycles. The molecular weight excluding hydrogens is 284 g/mol. The lowest BCUT2D eigenvalue weighted by Gasteiger charge is -2.09. The van der Waals surface area contributed by atoms with Crippen molar-refractivity contribution >= 4 is 16.9 Å². The van der Waals surface area contributed by atoms with Gasteiger partial charge in [-0.2, -0.15) is 0 Å². The number of hydrogen-bond donors (Lipinski definition) is 0. The third-order valence-corrected chi connectivity index (χ3v) is 3.85. The second kappa shape index (κ2) is 6.29. The lowest BCUT2D eigenvalue weighted by molar-refractivity contribution is -0.117. The Morgan fingerprint density at radius 1 is 1.18 bits per heavy atom. The van der Waals surface area contributed by atoms with Crippen molar-refractivity contribution in [2.24, 2.45) is 7.05 Å². The zero-order valence-electron chi connectivity index (χ0n) is 13.5. The van der Waals surface area contributed by atoms with Crippen molar-refractivity contribution < 1.29 is 4.79 Å². The van der Waals surface area contributed by atoms with Gasteiger partial charge in [-0.1, -0.05) is 13.3 Å². The van der Waals surface area contributed by atoms with Gasteiger partial charge in [-0.3, -0.25) is 18.7 Å². The van der Waals surface area contributed by atoms with Crippen LogP contribution in [0.4, 0.5) is 0 Å². The van der Waals surface area contributed by atoms with Crippen molar-refractivity contribution in [2.75, 3.05) is 0 Å². The summed E-state index contributed by atoms with van der Waals surface area (Å²) < 4.78 is 4.38. The van der Waals surface area contributed by atoms with Crippen molar-refractivity contribution in [1.82, 2.24) is 18.7 Å². The van der Waals surface area contributed by atoms with E-state index in [9.17, 15) is 14.4 Å². The van der Waals surface area contributed by atoms with Crippen LogP contribution >= 0.6 is 0 Å². The third-order valence-electron chi connectivity index (χ3n) is 3.85. The molecule has 0 radical (unpaired) electrons. The summed E-state index contributed by atoms with van der Waals surface area (Å²) in [6.07, 6.45) is 2.11. The van der Waals surface area contributed by atoms with Crippen LogP contribution in [0.3, 0.4) is 0 Å². The Balaban J connectivity index is 2.70. The van der Waals surface area contributed by atoms with Crippen LogP contribution in [-0.4, -0.2) is 24.5 Å². The predicted molar refractivity (Wildman–Crippen MR) is 84.2 cm³/mol. The van der Waals surface area contributed by atoms with Crippen molar-refractivity contribution in [3.8, 4) is 0 Å². The molecule has 0 spiro atoms. The number of imidazole rings is 1. The number of aromatic nitrogens is 4. The van der Waals surface area contributed by atoms with E-state index in [0.29, 0.717) is 17.7 Å². The van der Waals surface area contributed by atoms with E-state index in [0.717, 1.165) is 23.2 Å². The third kappa shape index (κ3) is 2.75. The minimum atomic E-state index is -0.432. The second-order valence-corrected chi connectivity index (χ2v) is 5.59. The van der Waals surface area contributed by atoms with E-state index in [1.165, 1.54) is 11.5 Å². The molecule has 0 N–H and O–H groups in total. The molecule has 7 heteroatoms. The van der Waals surface area contributed by atoms with Crippen LogP contribution in [0.2, 0.25) is 0 Å². The summed E-state index contributed by atoms with van der Waals surface area (Å²) in [5, 5.41) is 0. The molecule has 0 saturated heterocycles. The Morgan fingerprint density at radius 2 is 1.86 bits per heavy atom. The van der Waals surface area contributed by atoms with Crippen LogP contribution in [0.5, 0.6) is 0 Å². The molecule has 0 aromatic carbocycles. The first-order chi connectivity index (χ1) is 10.4. The Bertz CT molecular complexity index is 826. The van der Waals surface area contributed by atoms with Gasteiger partial charge in [-0.05, 0) is 20.3 Å². The molecule has 0 unspecified atom stereocenters. The smallest absolute Gasteiger partial charge is 0.322 e. The maximum Gasteiger partial charge on any atom is 0.332 e. The van der Waals surface area contributed by atoms with E-state index in [4.69, 9.17) is 0 Å². The normalized spacial score (nSPS) is 11.3. The summed E-state index contributed by atoms with van der Waals surface area (Å²) in [4.78, 5) is 40.5. The van der Waals surface area contributed by atoms with Crippen LogP contribution < -0.4 is 11.2 Å². The van der Waals surface area contributed by atoms with Crippen molar-refractivity contribution in [3.05, 3.63) is 26.7 Å². The number of aryl methyl sites for hydroxylation is 3. The van der Waals surface area contributed by atoms with Crippen LogP contribution in [0.25, 0.3) is 11.2 Å². The van der Waals surface area contributed by atoms with Gasteiger partial charge in [0.25, 0.3) is 5.56 Å². The van der Waals surface area contributed by atoms with Gasteiger partial charge < -0.3 is 4.57 Å².